The molecule has 0 unspecified atom stereocenters. The van der Waals surface area contributed by atoms with Crippen molar-refractivity contribution < 1.29 is 29.3 Å². The molecule has 0 saturated carbocycles. The second kappa shape index (κ2) is 11.7. The van der Waals surface area contributed by atoms with Gasteiger partial charge in [-0.15, -0.1) is 0 Å². The minimum atomic E-state index is -0.404. The highest BCUT2D eigenvalue weighted by atomic mass is 16.5. The summed E-state index contributed by atoms with van der Waals surface area (Å²) in [6.07, 6.45) is 2.55. The first-order valence-corrected chi connectivity index (χ1v) is 9.55. The predicted octanol–water partition coefficient (Wildman–Crippen LogP) is 4.98. The van der Waals surface area contributed by atoms with Crippen molar-refractivity contribution in [1.29, 1.82) is 0 Å². The topological polar surface area (TPSA) is 93.1 Å². The highest BCUT2D eigenvalue weighted by molar-refractivity contribution is 5.90. The van der Waals surface area contributed by atoms with E-state index in [-0.39, 0.29) is 17.5 Å². The number of carbonyl (C=O) groups is 2. The highest BCUT2D eigenvalue weighted by Crippen LogP contribution is 2.22. The van der Waals surface area contributed by atoms with Crippen molar-refractivity contribution in [3.8, 4) is 11.5 Å². The first kappa shape index (κ1) is 24.8. The molecule has 2 N–H and O–H groups in total. The van der Waals surface area contributed by atoms with Gasteiger partial charge in [0.15, 0.2) is 0 Å². The summed E-state index contributed by atoms with van der Waals surface area (Å²) in [6.45, 7) is 7.96. The van der Waals surface area contributed by atoms with Gasteiger partial charge < -0.3 is 19.7 Å². The van der Waals surface area contributed by atoms with Crippen LogP contribution in [0.25, 0.3) is 6.08 Å². The molecule has 0 amide bonds. The normalized spacial score (nSPS) is 9.97. The van der Waals surface area contributed by atoms with Crippen LogP contribution in [-0.2, 0) is 15.9 Å². The molecule has 2 aromatic rings. The van der Waals surface area contributed by atoms with E-state index in [1.807, 2.05) is 19.9 Å². The number of benzene rings is 2. The minimum Gasteiger partial charge on any atom is -0.508 e. The predicted molar refractivity (Wildman–Crippen MR) is 117 cm³/mol. The van der Waals surface area contributed by atoms with E-state index in [1.165, 1.54) is 32.4 Å². The van der Waals surface area contributed by atoms with Gasteiger partial charge in [0.2, 0.25) is 0 Å². The average molecular weight is 414 g/mol. The van der Waals surface area contributed by atoms with Crippen LogP contribution < -0.4 is 0 Å². The lowest BCUT2D eigenvalue weighted by Gasteiger charge is -2.08. The van der Waals surface area contributed by atoms with Gasteiger partial charge in [-0.3, -0.25) is 0 Å². The molecule has 0 heterocycles. The number of carbonyl (C=O) groups excluding carboxylic acids is 2. The zero-order chi connectivity index (χ0) is 22.8. The van der Waals surface area contributed by atoms with Gasteiger partial charge in [0.05, 0.1) is 25.3 Å². The van der Waals surface area contributed by atoms with Crippen LogP contribution in [0.2, 0.25) is 0 Å². The summed E-state index contributed by atoms with van der Waals surface area (Å²) in [7, 11) is 2.67. The van der Waals surface area contributed by atoms with Gasteiger partial charge in [0.1, 0.15) is 11.5 Å². The van der Waals surface area contributed by atoms with Crippen molar-refractivity contribution in [3.63, 3.8) is 0 Å². The molecule has 0 saturated heterocycles. The van der Waals surface area contributed by atoms with Crippen molar-refractivity contribution in [2.75, 3.05) is 14.2 Å². The van der Waals surface area contributed by atoms with Crippen LogP contribution in [0.4, 0.5) is 0 Å². The van der Waals surface area contributed by atoms with Crippen LogP contribution in [0.15, 0.2) is 42.0 Å². The Morgan fingerprint density at radius 1 is 0.900 bits per heavy atom. The Morgan fingerprint density at radius 2 is 1.40 bits per heavy atom. The van der Waals surface area contributed by atoms with Gasteiger partial charge in [0.25, 0.3) is 0 Å². The first-order chi connectivity index (χ1) is 14.1. The maximum Gasteiger partial charge on any atom is 0.337 e. The fourth-order valence-corrected chi connectivity index (χ4v) is 2.66. The zero-order valence-electron chi connectivity index (χ0n) is 18.4. The van der Waals surface area contributed by atoms with E-state index in [9.17, 15) is 19.8 Å². The smallest absolute Gasteiger partial charge is 0.337 e. The third-order valence-corrected chi connectivity index (χ3v) is 4.02. The molecule has 0 atom stereocenters. The van der Waals surface area contributed by atoms with Gasteiger partial charge in [-0.25, -0.2) is 9.59 Å². The van der Waals surface area contributed by atoms with Crippen LogP contribution in [0.5, 0.6) is 11.5 Å². The molecule has 0 fully saturated rings. The number of hydrogen-bond donors (Lipinski definition) is 2. The van der Waals surface area contributed by atoms with E-state index < -0.39 is 5.97 Å². The molecule has 0 aliphatic heterocycles. The Morgan fingerprint density at radius 3 is 1.87 bits per heavy atom. The summed E-state index contributed by atoms with van der Waals surface area (Å²) in [4.78, 5) is 22.5. The van der Waals surface area contributed by atoms with Gasteiger partial charge >= 0.3 is 11.9 Å². The van der Waals surface area contributed by atoms with Crippen LogP contribution >= 0.6 is 0 Å². The summed E-state index contributed by atoms with van der Waals surface area (Å²) >= 11 is 0. The summed E-state index contributed by atoms with van der Waals surface area (Å²) in [5.41, 5.74) is 3.37. The molecule has 0 aliphatic carbocycles. The molecule has 2 rings (SSSR count). The summed E-state index contributed by atoms with van der Waals surface area (Å²) in [5.74, 6) is 0.0439. The fraction of sp³-hybridized carbons (Fsp3) is 0.333. The maximum atomic E-state index is 11.3. The lowest BCUT2D eigenvalue weighted by molar-refractivity contribution is 0.0591. The summed E-state index contributed by atoms with van der Waals surface area (Å²) < 4.78 is 9.21. The van der Waals surface area contributed by atoms with E-state index in [4.69, 9.17) is 0 Å². The van der Waals surface area contributed by atoms with Crippen LogP contribution in [-0.4, -0.2) is 36.4 Å². The van der Waals surface area contributed by atoms with Crippen LogP contribution in [0.1, 0.15) is 59.5 Å². The SMILES string of the molecule is COC(=O)c1ccc(O)c(C=C(C)C)c1.COC(=O)c1ccc(O)c(CC(C)C)c1. The lowest BCUT2D eigenvalue weighted by atomic mass is 10.00. The van der Waals surface area contributed by atoms with E-state index in [0.29, 0.717) is 22.6 Å². The molecular weight excluding hydrogens is 384 g/mol. The molecule has 2 aromatic carbocycles. The van der Waals surface area contributed by atoms with Crippen molar-refractivity contribution >= 4 is 18.0 Å². The molecule has 162 valence electrons. The zero-order valence-corrected chi connectivity index (χ0v) is 18.4. The van der Waals surface area contributed by atoms with Gasteiger partial charge in [0, 0.05) is 5.56 Å². The Balaban J connectivity index is 0.000000300. The maximum absolute atomic E-state index is 11.3. The van der Waals surface area contributed by atoms with Crippen molar-refractivity contribution in [2.45, 2.75) is 34.1 Å². The number of hydrogen-bond acceptors (Lipinski definition) is 6. The Kier molecular flexibility index (Phi) is 9.62. The van der Waals surface area contributed by atoms with Crippen molar-refractivity contribution in [1.82, 2.24) is 0 Å². The molecular formula is C24H30O6. The molecule has 6 heteroatoms. The minimum absolute atomic E-state index is 0.156. The fourth-order valence-electron chi connectivity index (χ4n) is 2.66. The second-order valence-corrected chi connectivity index (χ2v) is 7.42. The first-order valence-electron chi connectivity index (χ1n) is 9.55. The Labute approximate surface area is 177 Å². The molecule has 0 radical (unpaired) electrons. The van der Waals surface area contributed by atoms with Crippen LogP contribution in [0, 0.1) is 5.92 Å². The van der Waals surface area contributed by atoms with E-state index in [0.717, 1.165) is 17.6 Å². The van der Waals surface area contributed by atoms with E-state index in [1.54, 1.807) is 18.2 Å². The summed E-state index contributed by atoms with van der Waals surface area (Å²) in [6, 6.07) is 9.40. The number of esters is 2. The van der Waals surface area contributed by atoms with Gasteiger partial charge in [-0.05, 0) is 68.1 Å². The molecule has 0 spiro atoms. The third kappa shape index (κ3) is 7.62. The number of phenolic OH excluding ortho intramolecular Hbond substituents is 2. The van der Waals surface area contributed by atoms with Crippen molar-refractivity contribution in [2.24, 2.45) is 5.92 Å². The molecule has 0 bridgehead atoms. The van der Waals surface area contributed by atoms with E-state index in [2.05, 4.69) is 23.3 Å². The second-order valence-electron chi connectivity index (χ2n) is 7.42. The van der Waals surface area contributed by atoms with Crippen LogP contribution in [0.3, 0.4) is 0 Å². The summed E-state index contributed by atoms with van der Waals surface area (Å²) in [5, 5.41) is 19.1. The molecule has 0 aromatic heterocycles. The standard InChI is InChI=1S/C12H16O3.C12H14O3/c2*1-8(2)6-10-7-9(12(14)15-3)4-5-11(10)13/h4-5,7-8,13H,6H2,1-3H3;4-7,13H,1-3H3. The molecule has 30 heavy (non-hydrogen) atoms. The number of phenols is 2. The van der Waals surface area contributed by atoms with Gasteiger partial charge in [-0.1, -0.05) is 25.5 Å². The van der Waals surface area contributed by atoms with Gasteiger partial charge in [-0.2, -0.15) is 0 Å². The third-order valence-electron chi connectivity index (χ3n) is 4.02. The molecule has 0 aliphatic rings. The number of methoxy groups -OCH3 is 2. The van der Waals surface area contributed by atoms with Crippen molar-refractivity contribution in [3.05, 3.63) is 64.2 Å². The largest absolute Gasteiger partial charge is 0.508 e. The Bertz CT molecular complexity index is 908. The Hall–Kier alpha value is -3.28. The lowest BCUT2D eigenvalue weighted by Crippen LogP contribution is -2.03. The quantitative estimate of drug-likeness (QED) is 0.670. The number of allylic oxidation sites excluding steroid dienone is 1. The number of aromatic hydroxyl groups is 2. The average Bonchev–Trinajstić information content (AvgIpc) is 2.70. The number of ether oxygens (including phenoxy) is 2. The van der Waals surface area contributed by atoms with E-state index >= 15 is 0 Å². The number of rotatable bonds is 5. The monoisotopic (exact) mass is 414 g/mol. The highest BCUT2D eigenvalue weighted by Gasteiger charge is 2.10. The molecule has 6 nitrogen and oxygen atoms in total.